The molecule has 3 unspecified atom stereocenters. The quantitative estimate of drug-likeness (QED) is 0.696. The zero-order valence-electron chi connectivity index (χ0n) is 13.6. The Hall–Kier alpha value is -1.92. The number of carbonyl (C=O) groups excluding carboxylic acids is 2. The topological polar surface area (TPSA) is 95.9 Å². The van der Waals surface area contributed by atoms with Crippen molar-refractivity contribution in [2.24, 2.45) is 5.92 Å². The van der Waals surface area contributed by atoms with Gasteiger partial charge >= 0.3 is 5.97 Å². The molecule has 0 aromatic heterocycles. The lowest BCUT2D eigenvalue weighted by Gasteiger charge is -2.33. The Balaban J connectivity index is 2.22. The van der Waals surface area contributed by atoms with Crippen molar-refractivity contribution >= 4 is 11.9 Å². The molecule has 1 aliphatic rings. The molecule has 6 heteroatoms. The van der Waals surface area contributed by atoms with E-state index in [0.717, 1.165) is 5.56 Å². The number of amides is 1. The molecule has 1 heterocycles. The maximum absolute atomic E-state index is 12.6. The Kier molecular flexibility index (Phi) is 4.77. The maximum atomic E-state index is 12.6. The van der Waals surface area contributed by atoms with Crippen molar-refractivity contribution in [3.8, 4) is 0 Å². The van der Waals surface area contributed by atoms with Gasteiger partial charge in [-0.25, -0.2) is 4.79 Å². The van der Waals surface area contributed by atoms with Crippen LogP contribution in [0.2, 0.25) is 0 Å². The van der Waals surface area contributed by atoms with E-state index < -0.39 is 29.1 Å². The van der Waals surface area contributed by atoms with Gasteiger partial charge in [-0.2, -0.15) is 0 Å². The molecule has 0 saturated carbocycles. The Morgan fingerprint density at radius 3 is 2.43 bits per heavy atom. The van der Waals surface area contributed by atoms with E-state index in [9.17, 15) is 19.8 Å². The average molecular weight is 321 g/mol. The van der Waals surface area contributed by atoms with Crippen LogP contribution in [0.3, 0.4) is 0 Å². The summed E-state index contributed by atoms with van der Waals surface area (Å²) >= 11 is 0. The number of ether oxygens (including phenoxy) is 1. The van der Waals surface area contributed by atoms with Gasteiger partial charge in [-0.15, -0.1) is 0 Å². The predicted octanol–water partition coefficient (Wildman–Crippen LogP) is 0.756. The molecule has 1 amide bonds. The summed E-state index contributed by atoms with van der Waals surface area (Å²) in [4.78, 5) is 24.6. The van der Waals surface area contributed by atoms with Crippen LogP contribution < -0.4 is 5.32 Å². The molecule has 1 saturated heterocycles. The fraction of sp³-hybridized carbons (Fsp3) is 0.529. The van der Waals surface area contributed by atoms with Crippen LogP contribution in [0.5, 0.6) is 0 Å². The van der Waals surface area contributed by atoms with Crippen LogP contribution in [0.1, 0.15) is 32.8 Å². The van der Waals surface area contributed by atoms with E-state index >= 15 is 0 Å². The average Bonchev–Trinajstić information content (AvgIpc) is 2.67. The van der Waals surface area contributed by atoms with Gasteiger partial charge in [0.05, 0.1) is 0 Å². The first-order chi connectivity index (χ1) is 10.7. The van der Waals surface area contributed by atoms with E-state index in [1.807, 2.05) is 44.2 Å². The molecule has 6 nitrogen and oxygen atoms in total. The highest BCUT2D eigenvalue weighted by Crippen LogP contribution is 2.35. The molecule has 126 valence electrons. The van der Waals surface area contributed by atoms with Gasteiger partial charge in [-0.3, -0.25) is 4.79 Å². The van der Waals surface area contributed by atoms with Crippen molar-refractivity contribution in [3.05, 3.63) is 35.9 Å². The molecule has 1 aromatic carbocycles. The normalized spacial score (nSPS) is 30.3. The molecule has 1 aromatic rings. The molecule has 2 rings (SSSR count). The first kappa shape index (κ1) is 17.4. The highest BCUT2D eigenvalue weighted by atomic mass is 16.5. The van der Waals surface area contributed by atoms with Crippen LogP contribution in [-0.4, -0.2) is 39.3 Å². The minimum atomic E-state index is -2.03. The van der Waals surface area contributed by atoms with Gasteiger partial charge in [-0.1, -0.05) is 44.2 Å². The van der Waals surface area contributed by atoms with Gasteiger partial charge in [0.2, 0.25) is 0 Å². The summed E-state index contributed by atoms with van der Waals surface area (Å²) in [6, 6.07) is 9.11. The molecular formula is C17H23NO5. The SMILES string of the molecule is CC(C)CC1(C(=O)OCc2ccccc2)NC(=O)C(C)(O)C1O. The number of aliphatic hydroxyl groups is 2. The first-order valence-electron chi connectivity index (χ1n) is 7.64. The number of rotatable bonds is 5. The van der Waals surface area contributed by atoms with Crippen molar-refractivity contribution in [1.29, 1.82) is 0 Å². The van der Waals surface area contributed by atoms with E-state index in [0.29, 0.717) is 0 Å². The van der Waals surface area contributed by atoms with Crippen molar-refractivity contribution in [1.82, 2.24) is 5.32 Å². The Morgan fingerprint density at radius 2 is 1.96 bits per heavy atom. The lowest BCUT2D eigenvalue weighted by molar-refractivity contribution is -0.162. The summed E-state index contributed by atoms with van der Waals surface area (Å²) in [5, 5.41) is 23.0. The number of nitrogens with one attached hydrogen (secondary N) is 1. The molecule has 0 aliphatic carbocycles. The molecule has 1 fully saturated rings. The summed E-state index contributed by atoms with van der Waals surface area (Å²) in [6.07, 6.45) is -1.41. The van der Waals surface area contributed by atoms with E-state index in [2.05, 4.69) is 5.32 Å². The highest BCUT2D eigenvalue weighted by Gasteiger charge is 2.63. The number of esters is 1. The van der Waals surface area contributed by atoms with Gasteiger partial charge in [-0.05, 0) is 24.8 Å². The summed E-state index contributed by atoms with van der Waals surface area (Å²) < 4.78 is 5.30. The van der Waals surface area contributed by atoms with E-state index in [-0.39, 0.29) is 18.9 Å². The Labute approximate surface area is 135 Å². The largest absolute Gasteiger partial charge is 0.459 e. The number of hydrogen-bond donors (Lipinski definition) is 3. The standard InChI is InChI=1S/C17H23NO5/c1-11(2)9-17(13(19)16(3,22)14(20)18-17)15(21)23-10-12-7-5-4-6-8-12/h4-8,11,13,19,22H,9-10H2,1-3H3,(H,18,20). The fourth-order valence-corrected chi connectivity index (χ4v) is 2.91. The van der Waals surface area contributed by atoms with Gasteiger partial charge in [0, 0.05) is 0 Å². The Morgan fingerprint density at radius 1 is 1.35 bits per heavy atom. The lowest BCUT2D eigenvalue weighted by atomic mass is 9.81. The van der Waals surface area contributed by atoms with Crippen LogP contribution >= 0.6 is 0 Å². The lowest BCUT2D eigenvalue weighted by Crippen LogP contribution is -2.58. The number of hydrogen-bond acceptors (Lipinski definition) is 5. The molecular weight excluding hydrogens is 298 g/mol. The summed E-state index contributed by atoms with van der Waals surface area (Å²) in [7, 11) is 0. The molecule has 0 bridgehead atoms. The van der Waals surface area contributed by atoms with Gasteiger partial charge in [0.25, 0.3) is 5.91 Å². The third kappa shape index (κ3) is 3.23. The summed E-state index contributed by atoms with van der Waals surface area (Å²) in [5.74, 6) is -1.51. The predicted molar refractivity (Wildman–Crippen MR) is 83.2 cm³/mol. The second-order valence-electron chi connectivity index (χ2n) is 6.64. The van der Waals surface area contributed by atoms with Gasteiger partial charge in [0.15, 0.2) is 11.1 Å². The number of benzene rings is 1. The number of aliphatic hydroxyl groups excluding tert-OH is 1. The maximum Gasteiger partial charge on any atom is 0.335 e. The zero-order valence-corrected chi connectivity index (χ0v) is 13.6. The minimum absolute atomic E-state index is 0.00289. The van der Waals surface area contributed by atoms with Gasteiger partial charge in [0.1, 0.15) is 12.7 Å². The second kappa shape index (κ2) is 6.29. The molecule has 1 aliphatic heterocycles. The van der Waals surface area contributed by atoms with Crippen LogP contribution in [0, 0.1) is 5.92 Å². The smallest absolute Gasteiger partial charge is 0.335 e. The molecule has 3 atom stereocenters. The van der Waals surface area contributed by atoms with Crippen LogP contribution in [-0.2, 0) is 20.9 Å². The fourth-order valence-electron chi connectivity index (χ4n) is 2.91. The van der Waals surface area contributed by atoms with E-state index in [4.69, 9.17) is 4.74 Å². The van der Waals surface area contributed by atoms with E-state index in [1.165, 1.54) is 6.92 Å². The highest BCUT2D eigenvalue weighted by molar-refractivity contribution is 5.98. The van der Waals surface area contributed by atoms with Crippen molar-refractivity contribution < 1.29 is 24.5 Å². The van der Waals surface area contributed by atoms with Gasteiger partial charge < -0.3 is 20.3 Å². The molecule has 3 N–H and O–H groups in total. The van der Waals surface area contributed by atoms with Crippen molar-refractivity contribution in [2.75, 3.05) is 0 Å². The zero-order chi connectivity index (χ0) is 17.3. The monoisotopic (exact) mass is 321 g/mol. The number of carbonyl (C=O) groups is 2. The Bertz CT molecular complexity index is 584. The molecule has 0 spiro atoms. The van der Waals surface area contributed by atoms with Crippen LogP contribution in [0.4, 0.5) is 0 Å². The van der Waals surface area contributed by atoms with Crippen LogP contribution in [0.25, 0.3) is 0 Å². The van der Waals surface area contributed by atoms with E-state index in [1.54, 1.807) is 0 Å². The second-order valence-corrected chi connectivity index (χ2v) is 6.64. The van der Waals surface area contributed by atoms with Crippen molar-refractivity contribution in [3.63, 3.8) is 0 Å². The van der Waals surface area contributed by atoms with Crippen LogP contribution in [0.15, 0.2) is 30.3 Å². The summed E-state index contributed by atoms with van der Waals surface area (Å²) in [6.45, 7) is 4.94. The van der Waals surface area contributed by atoms with Crippen molar-refractivity contribution in [2.45, 2.75) is 51.0 Å². The molecule has 0 radical (unpaired) electrons. The first-order valence-corrected chi connectivity index (χ1v) is 7.64. The summed E-state index contributed by atoms with van der Waals surface area (Å²) in [5.41, 5.74) is -2.87. The molecule has 23 heavy (non-hydrogen) atoms. The minimum Gasteiger partial charge on any atom is -0.459 e. The third-order valence-corrected chi connectivity index (χ3v) is 4.10. The third-order valence-electron chi connectivity index (χ3n) is 4.10.